The second-order valence-corrected chi connectivity index (χ2v) is 9.94. The molecule has 0 saturated carbocycles. The molecule has 37 heavy (non-hydrogen) atoms. The van der Waals surface area contributed by atoms with Gasteiger partial charge in [-0.2, -0.15) is 10.2 Å². The SMILES string of the molecule is CC(Oc1ccc2[nH]nc(-c3cnn(C4CN(C(=O)C(C)(C)O)C4)c3)c2c1)c1cccc2nccnc12. The molecule has 1 atom stereocenters. The van der Waals surface area contributed by atoms with E-state index in [1.165, 1.54) is 13.8 Å². The predicted molar refractivity (Wildman–Crippen MR) is 138 cm³/mol. The maximum Gasteiger partial charge on any atom is 0.254 e. The van der Waals surface area contributed by atoms with Crippen LogP contribution in [0.5, 0.6) is 5.75 Å². The number of fused-ring (bicyclic) bond motifs is 2. The molecule has 3 aromatic heterocycles. The molecule has 2 N–H and O–H groups in total. The van der Waals surface area contributed by atoms with Gasteiger partial charge in [-0.1, -0.05) is 12.1 Å². The van der Waals surface area contributed by atoms with Crippen molar-refractivity contribution in [1.29, 1.82) is 0 Å². The second kappa shape index (κ2) is 8.67. The highest BCUT2D eigenvalue weighted by molar-refractivity contribution is 5.93. The summed E-state index contributed by atoms with van der Waals surface area (Å²) in [5, 5.41) is 23.0. The molecule has 1 aliphatic rings. The molecule has 1 unspecified atom stereocenters. The van der Waals surface area contributed by atoms with Crippen molar-refractivity contribution in [3.8, 4) is 17.0 Å². The minimum Gasteiger partial charge on any atom is -0.486 e. The van der Waals surface area contributed by atoms with Crippen LogP contribution in [0.4, 0.5) is 0 Å². The molecular formula is C27H27N7O3. The van der Waals surface area contributed by atoms with Crippen LogP contribution in [0, 0.1) is 0 Å². The van der Waals surface area contributed by atoms with E-state index in [1.807, 2.05) is 54.2 Å². The molecule has 0 aliphatic carbocycles. The van der Waals surface area contributed by atoms with E-state index in [0.29, 0.717) is 13.1 Å². The van der Waals surface area contributed by atoms with Crippen LogP contribution in [0.3, 0.4) is 0 Å². The molecule has 10 heteroatoms. The summed E-state index contributed by atoms with van der Waals surface area (Å²) in [6.45, 7) is 6.04. The molecule has 5 aromatic rings. The number of benzene rings is 2. The van der Waals surface area contributed by atoms with E-state index >= 15 is 0 Å². The highest BCUT2D eigenvalue weighted by atomic mass is 16.5. The number of aromatic nitrogens is 6. The number of likely N-dealkylation sites (tertiary alicyclic amines) is 1. The smallest absolute Gasteiger partial charge is 0.254 e. The summed E-state index contributed by atoms with van der Waals surface area (Å²) in [6.07, 6.45) is 6.86. The number of nitrogens with one attached hydrogen (secondary N) is 1. The Balaban J connectivity index is 1.22. The van der Waals surface area contributed by atoms with E-state index in [-0.39, 0.29) is 18.1 Å². The highest BCUT2D eigenvalue weighted by Crippen LogP contribution is 2.33. The van der Waals surface area contributed by atoms with Gasteiger partial charge < -0.3 is 14.7 Å². The van der Waals surface area contributed by atoms with Crippen molar-refractivity contribution in [3.05, 3.63) is 66.7 Å². The lowest BCUT2D eigenvalue weighted by atomic mass is 10.0. The molecule has 1 fully saturated rings. The highest BCUT2D eigenvalue weighted by Gasteiger charge is 2.38. The fourth-order valence-corrected chi connectivity index (χ4v) is 4.73. The van der Waals surface area contributed by atoms with Gasteiger partial charge in [-0.15, -0.1) is 0 Å². The largest absolute Gasteiger partial charge is 0.486 e. The standard InChI is InChI=1S/C27H27N7O3/c1-16(20-5-4-6-23-25(20)29-10-9-28-23)37-19-7-8-22-21(11-19)24(32-31-22)17-12-30-34(13-17)18-14-33(15-18)26(35)27(2,3)36/h4-13,16,18,36H,14-15H2,1-3H3,(H,31,32). The first-order chi connectivity index (χ1) is 17.8. The number of rotatable bonds is 6. The Morgan fingerprint density at radius 2 is 2.00 bits per heavy atom. The second-order valence-electron chi connectivity index (χ2n) is 9.94. The number of nitrogens with zero attached hydrogens (tertiary/aromatic N) is 6. The molecule has 1 amide bonds. The summed E-state index contributed by atoms with van der Waals surface area (Å²) in [4.78, 5) is 22.8. The maximum absolute atomic E-state index is 12.2. The Hall–Kier alpha value is -4.31. The molecule has 0 bridgehead atoms. The molecular weight excluding hydrogens is 470 g/mol. The average Bonchev–Trinajstić information content (AvgIpc) is 3.49. The van der Waals surface area contributed by atoms with Gasteiger partial charge in [-0.3, -0.25) is 24.5 Å². The first-order valence-electron chi connectivity index (χ1n) is 12.2. The summed E-state index contributed by atoms with van der Waals surface area (Å²) >= 11 is 0. The van der Waals surface area contributed by atoms with Crippen molar-refractivity contribution in [2.45, 2.75) is 38.5 Å². The first kappa shape index (κ1) is 23.1. The lowest BCUT2D eigenvalue weighted by molar-refractivity contribution is -0.154. The zero-order valence-electron chi connectivity index (χ0n) is 20.8. The number of carbonyl (C=O) groups is 1. The number of ether oxygens (including phenoxy) is 1. The van der Waals surface area contributed by atoms with E-state index < -0.39 is 5.60 Å². The Morgan fingerprint density at radius 3 is 2.81 bits per heavy atom. The van der Waals surface area contributed by atoms with Gasteiger partial charge in [0, 0.05) is 48.2 Å². The van der Waals surface area contributed by atoms with Gasteiger partial charge in [0.1, 0.15) is 23.1 Å². The summed E-state index contributed by atoms with van der Waals surface area (Å²) < 4.78 is 8.18. The van der Waals surface area contributed by atoms with Gasteiger partial charge in [-0.05, 0) is 45.0 Å². The van der Waals surface area contributed by atoms with Crippen molar-refractivity contribution >= 4 is 27.8 Å². The molecule has 6 rings (SSSR count). The van der Waals surface area contributed by atoms with Crippen molar-refractivity contribution < 1.29 is 14.6 Å². The summed E-state index contributed by atoms with van der Waals surface area (Å²) in [5.41, 5.74) is 3.80. The van der Waals surface area contributed by atoms with Gasteiger partial charge in [0.2, 0.25) is 0 Å². The third-order valence-corrected chi connectivity index (χ3v) is 6.74. The van der Waals surface area contributed by atoms with Crippen LogP contribution in [0.25, 0.3) is 33.2 Å². The monoisotopic (exact) mass is 497 g/mol. The third-order valence-electron chi connectivity index (χ3n) is 6.74. The lowest BCUT2D eigenvalue weighted by Crippen LogP contribution is -2.56. The summed E-state index contributed by atoms with van der Waals surface area (Å²) in [6, 6.07) is 11.8. The van der Waals surface area contributed by atoms with E-state index in [4.69, 9.17) is 4.74 Å². The van der Waals surface area contributed by atoms with E-state index in [9.17, 15) is 9.90 Å². The number of aliphatic hydroxyl groups is 1. The quantitative estimate of drug-likeness (QED) is 0.367. The Labute approximate surface area is 212 Å². The zero-order valence-corrected chi connectivity index (χ0v) is 20.8. The third kappa shape index (κ3) is 4.19. The van der Waals surface area contributed by atoms with E-state index in [0.717, 1.165) is 44.5 Å². The average molecular weight is 498 g/mol. The van der Waals surface area contributed by atoms with Crippen molar-refractivity contribution in [2.75, 3.05) is 13.1 Å². The van der Waals surface area contributed by atoms with Crippen LogP contribution in [0.1, 0.15) is 38.5 Å². The van der Waals surface area contributed by atoms with Crippen molar-refractivity contribution in [1.82, 2.24) is 34.8 Å². The van der Waals surface area contributed by atoms with Gasteiger partial charge in [0.25, 0.3) is 5.91 Å². The maximum atomic E-state index is 12.2. The Morgan fingerprint density at radius 1 is 1.19 bits per heavy atom. The number of amides is 1. The molecule has 4 heterocycles. The Bertz CT molecular complexity index is 1610. The van der Waals surface area contributed by atoms with Crippen molar-refractivity contribution in [3.63, 3.8) is 0 Å². The topological polar surface area (TPSA) is 122 Å². The zero-order chi connectivity index (χ0) is 25.7. The first-order valence-corrected chi connectivity index (χ1v) is 12.2. The van der Waals surface area contributed by atoms with E-state index in [1.54, 1.807) is 23.5 Å². The summed E-state index contributed by atoms with van der Waals surface area (Å²) in [7, 11) is 0. The fourth-order valence-electron chi connectivity index (χ4n) is 4.73. The van der Waals surface area contributed by atoms with Crippen LogP contribution in [0.2, 0.25) is 0 Å². The molecule has 0 spiro atoms. The Kier molecular flexibility index (Phi) is 5.41. The molecule has 1 saturated heterocycles. The van der Waals surface area contributed by atoms with Crippen molar-refractivity contribution in [2.24, 2.45) is 0 Å². The lowest BCUT2D eigenvalue weighted by Gasteiger charge is -2.41. The van der Waals surface area contributed by atoms with Crippen LogP contribution < -0.4 is 4.74 Å². The number of aromatic amines is 1. The van der Waals surface area contributed by atoms with Crippen LogP contribution >= 0.6 is 0 Å². The minimum atomic E-state index is -1.37. The number of carbonyl (C=O) groups excluding carboxylic acids is 1. The number of H-pyrrole nitrogens is 1. The van der Waals surface area contributed by atoms with Gasteiger partial charge in [-0.25, -0.2) is 0 Å². The van der Waals surface area contributed by atoms with Crippen LogP contribution in [0.15, 0.2) is 61.2 Å². The number of hydrogen-bond donors (Lipinski definition) is 2. The van der Waals surface area contributed by atoms with E-state index in [2.05, 4.69) is 25.3 Å². The van der Waals surface area contributed by atoms with Crippen LogP contribution in [-0.2, 0) is 4.79 Å². The molecule has 188 valence electrons. The fraction of sp³-hybridized carbons (Fsp3) is 0.296. The summed E-state index contributed by atoms with van der Waals surface area (Å²) in [5.74, 6) is 0.447. The molecule has 10 nitrogen and oxygen atoms in total. The molecule has 2 aromatic carbocycles. The minimum absolute atomic E-state index is 0.0637. The number of hydrogen-bond acceptors (Lipinski definition) is 7. The molecule has 1 aliphatic heterocycles. The van der Waals surface area contributed by atoms with Crippen LogP contribution in [-0.4, -0.2) is 64.5 Å². The van der Waals surface area contributed by atoms with Gasteiger partial charge in [0.05, 0.1) is 28.8 Å². The number of para-hydroxylation sites is 1. The van der Waals surface area contributed by atoms with Gasteiger partial charge >= 0.3 is 0 Å². The normalized spacial score (nSPS) is 15.2. The molecule has 0 radical (unpaired) electrons. The predicted octanol–water partition coefficient (Wildman–Crippen LogP) is 3.66. The van der Waals surface area contributed by atoms with Gasteiger partial charge in [0.15, 0.2) is 0 Å².